The number of hydrogen-bond acceptors (Lipinski definition) is 4. The van der Waals surface area contributed by atoms with Crippen molar-refractivity contribution in [3.05, 3.63) is 17.7 Å². The van der Waals surface area contributed by atoms with Gasteiger partial charge in [0.15, 0.2) is 11.5 Å². The van der Waals surface area contributed by atoms with Crippen molar-refractivity contribution in [3.63, 3.8) is 0 Å². The topological polar surface area (TPSA) is 39.7 Å². The van der Waals surface area contributed by atoms with E-state index in [2.05, 4.69) is 19.2 Å². The van der Waals surface area contributed by atoms with Gasteiger partial charge in [0.25, 0.3) is 0 Å². The standard InChI is InChI=1S/C17H29NO3/c1-6-7-8-9-10-18-13(2)14-11-15(19-3)17(21-5)16(12-14)20-4/h11-13,18H,6-10H2,1-5H3. The summed E-state index contributed by atoms with van der Waals surface area (Å²) < 4.78 is 16.1. The van der Waals surface area contributed by atoms with Gasteiger partial charge in [-0.1, -0.05) is 26.2 Å². The van der Waals surface area contributed by atoms with Crippen LogP contribution in [0.1, 0.15) is 51.1 Å². The molecule has 1 N–H and O–H groups in total. The van der Waals surface area contributed by atoms with Crippen molar-refractivity contribution in [3.8, 4) is 17.2 Å². The number of unbranched alkanes of at least 4 members (excludes halogenated alkanes) is 3. The van der Waals surface area contributed by atoms with E-state index in [0.29, 0.717) is 17.2 Å². The van der Waals surface area contributed by atoms with E-state index < -0.39 is 0 Å². The van der Waals surface area contributed by atoms with Crippen LogP contribution in [0, 0.1) is 0 Å². The maximum Gasteiger partial charge on any atom is 0.203 e. The lowest BCUT2D eigenvalue weighted by atomic mass is 10.1. The minimum absolute atomic E-state index is 0.250. The van der Waals surface area contributed by atoms with Gasteiger partial charge in [0.05, 0.1) is 21.3 Å². The second kappa shape index (κ2) is 9.50. The molecule has 0 bridgehead atoms. The molecule has 0 radical (unpaired) electrons. The van der Waals surface area contributed by atoms with Gasteiger partial charge in [-0.15, -0.1) is 0 Å². The number of benzene rings is 1. The number of ether oxygens (including phenoxy) is 3. The van der Waals surface area contributed by atoms with Crippen LogP contribution in [0.5, 0.6) is 17.2 Å². The Balaban J connectivity index is 2.73. The van der Waals surface area contributed by atoms with Crippen LogP contribution in [0.15, 0.2) is 12.1 Å². The monoisotopic (exact) mass is 295 g/mol. The molecule has 0 saturated carbocycles. The highest BCUT2D eigenvalue weighted by Crippen LogP contribution is 2.39. The number of hydrogen-bond donors (Lipinski definition) is 1. The van der Waals surface area contributed by atoms with Crippen LogP contribution < -0.4 is 19.5 Å². The summed E-state index contributed by atoms with van der Waals surface area (Å²) in [5.41, 5.74) is 1.14. The van der Waals surface area contributed by atoms with Crippen molar-refractivity contribution in [2.24, 2.45) is 0 Å². The summed E-state index contributed by atoms with van der Waals surface area (Å²) in [5.74, 6) is 2.04. The number of nitrogens with one attached hydrogen (secondary N) is 1. The smallest absolute Gasteiger partial charge is 0.203 e. The van der Waals surface area contributed by atoms with Gasteiger partial charge < -0.3 is 19.5 Å². The Hall–Kier alpha value is -1.42. The molecule has 0 spiro atoms. The molecule has 1 aromatic rings. The fourth-order valence-corrected chi connectivity index (χ4v) is 2.34. The maximum atomic E-state index is 5.39. The molecule has 1 rings (SSSR count). The molecular formula is C17H29NO3. The molecule has 0 aliphatic carbocycles. The molecule has 0 amide bonds. The molecular weight excluding hydrogens is 266 g/mol. The zero-order valence-electron chi connectivity index (χ0n) is 14.0. The highest BCUT2D eigenvalue weighted by molar-refractivity contribution is 5.54. The summed E-state index contributed by atoms with van der Waals surface area (Å²) in [7, 11) is 4.91. The third-order valence-electron chi connectivity index (χ3n) is 3.67. The lowest BCUT2D eigenvalue weighted by Crippen LogP contribution is -2.20. The van der Waals surface area contributed by atoms with Crippen molar-refractivity contribution in [1.82, 2.24) is 5.32 Å². The fraction of sp³-hybridized carbons (Fsp3) is 0.647. The predicted molar refractivity (Wildman–Crippen MR) is 86.7 cm³/mol. The van der Waals surface area contributed by atoms with E-state index in [0.717, 1.165) is 12.1 Å². The first-order valence-electron chi connectivity index (χ1n) is 7.71. The van der Waals surface area contributed by atoms with Crippen molar-refractivity contribution in [1.29, 1.82) is 0 Å². The van der Waals surface area contributed by atoms with Gasteiger partial charge in [0.2, 0.25) is 5.75 Å². The summed E-state index contributed by atoms with van der Waals surface area (Å²) in [5, 5.41) is 3.55. The molecule has 0 fully saturated rings. The lowest BCUT2D eigenvalue weighted by molar-refractivity contribution is 0.323. The molecule has 1 atom stereocenters. The average molecular weight is 295 g/mol. The van der Waals surface area contributed by atoms with E-state index in [4.69, 9.17) is 14.2 Å². The van der Waals surface area contributed by atoms with Gasteiger partial charge in [0, 0.05) is 6.04 Å². The molecule has 120 valence electrons. The Morgan fingerprint density at radius 1 is 0.952 bits per heavy atom. The Bertz CT molecular complexity index is 395. The molecule has 1 unspecified atom stereocenters. The SMILES string of the molecule is CCCCCCNC(C)c1cc(OC)c(OC)c(OC)c1. The predicted octanol–water partition coefficient (Wildman–Crippen LogP) is 3.94. The average Bonchev–Trinajstić information content (AvgIpc) is 2.52. The normalized spacial score (nSPS) is 12.0. The molecule has 4 heteroatoms. The van der Waals surface area contributed by atoms with Crippen molar-refractivity contribution < 1.29 is 14.2 Å². The Kier molecular flexibility index (Phi) is 7.98. The molecule has 4 nitrogen and oxygen atoms in total. The minimum atomic E-state index is 0.250. The molecule has 0 aliphatic rings. The van der Waals surface area contributed by atoms with Crippen LogP contribution in [0.2, 0.25) is 0 Å². The van der Waals surface area contributed by atoms with Crippen LogP contribution >= 0.6 is 0 Å². The van der Waals surface area contributed by atoms with Gasteiger partial charge in [-0.25, -0.2) is 0 Å². The zero-order chi connectivity index (χ0) is 15.7. The summed E-state index contributed by atoms with van der Waals surface area (Å²) in [6.07, 6.45) is 5.07. The van der Waals surface area contributed by atoms with E-state index >= 15 is 0 Å². The summed E-state index contributed by atoms with van der Waals surface area (Å²) in [6.45, 7) is 5.41. The van der Waals surface area contributed by atoms with E-state index in [1.807, 2.05) is 12.1 Å². The van der Waals surface area contributed by atoms with Gasteiger partial charge in [-0.05, 0) is 37.6 Å². The van der Waals surface area contributed by atoms with E-state index in [9.17, 15) is 0 Å². The van der Waals surface area contributed by atoms with Gasteiger partial charge in [0.1, 0.15) is 0 Å². The summed E-state index contributed by atoms with van der Waals surface area (Å²) in [4.78, 5) is 0. The summed E-state index contributed by atoms with van der Waals surface area (Å²) >= 11 is 0. The highest BCUT2D eigenvalue weighted by atomic mass is 16.5. The first kappa shape index (κ1) is 17.6. The Labute approximate surface area is 128 Å². The molecule has 0 aromatic heterocycles. The minimum Gasteiger partial charge on any atom is -0.493 e. The van der Waals surface area contributed by atoms with Gasteiger partial charge in [-0.2, -0.15) is 0 Å². The van der Waals surface area contributed by atoms with Crippen LogP contribution in [-0.2, 0) is 0 Å². The van der Waals surface area contributed by atoms with Crippen molar-refractivity contribution >= 4 is 0 Å². The van der Waals surface area contributed by atoms with Crippen molar-refractivity contribution in [2.75, 3.05) is 27.9 Å². The first-order chi connectivity index (χ1) is 10.2. The first-order valence-corrected chi connectivity index (χ1v) is 7.71. The second-order valence-corrected chi connectivity index (χ2v) is 5.20. The summed E-state index contributed by atoms with van der Waals surface area (Å²) in [6, 6.07) is 4.26. The van der Waals surface area contributed by atoms with E-state index in [-0.39, 0.29) is 6.04 Å². The largest absolute Gasteiger partial charge is 0.493 e. The Morgan fingerprint density at radius 2 is 1.57 bits per heavy atom. The van der Waals surface area contributed by atoms with Crippen LogP contribution in [0.4, 0.5) is 0 Å². The van der Waals surface area contributed by atoms with Crippen LogP contribution in [0.3, 0.4) is 0 Å². The van der Waals surface area contributed by atoms with Crippen molar-refractivity contribution in [2.45, 2.75) is 45.6 Å². The Morgan fingerprint density at radius 3 is 2.05 bits per heavy atom. The molecule has 0 aliphatic heterocycles. The second-order valence-electron chi connectivity index (χ2n) is 5.20. The fourth-order valence-electron chi connectivity index (χ4n) is 2.34. The van der Waals surface area contributed by atoms with Crippen LogP contribution in [-0.4, -0.2) is 27.9 Å². The van der Waals surface area contributed by atoms with Gasteiger partial charge in [-0.3, -0.25) is 0 Å². The number of rotatable bonds is 10. The maximum absolute atomic E-state index is 5.39. The van der Waals surface area contributed by atoms with Gasteiger partial charge >= 0.3 is 0 Å². The van der Waals surface area contributed by atoms with Crippen LogP contribution in [0.25, 0.3) is 0 Å². The third kappa shape index (κ3) is 5.12. The highest BCUT2D eigenvalue weighted by Gasteiger charge is 2.15. The number of methoxy groups -OCH3 is 3. The molecule has 0 heterocycles. The molecule has 21 heavy (non-hydrogen) atoms. The zero-order valence-corrected chi connectivity index (χ0v) is 14.0. The third-order valence-corrected chi connectivity index (χ3v) is 3.67. The van der Waals surface area contributed by atoms with E-state index in [1.165, 1.54) is 25.7 Å². The van der Waals surface area contributed by atoms with E-state index in [1.54, 1.807) is 21.3 Å². The molecule has 0 saturated heterocycles. The molecule has 1 aromatic carbocycles. The quantitative estimate of drug-likeness (QED) is 0.664. The lowest BCUT2D eigenvalue weighted by Gasteiger charge is -2.18.